The second kappa shape index (κ2) is 11.8. The quantitative estimate of drug-likeness (QED) is 0.271. The first-order chi connectivity index (χ1) is 21.9. The van der Waals surface area contributed by atoms with Gasteiger partial charge in [-0.3, -0.25) is 9.80 Å². The summed E-state index contributed by atoms with van der Waals surface area (Å²) in [6.45, 7) is 1.80. The van der Waals surface area contributed by atoms with Crippen LogP contribution in [0.1, 0.15) is 45.5 Å². The Labute approximate surface area is 264 Å². The minimum atomic E-state index is -0.0810. The number of rotatable bonds is 3. The van der Waals surface area contributed by atoms with E-state index in [0.29, 0.717) is 40.9 Å². The van der Waals surface area contributed by atoms with E-state index < -0.39 is 0 Å². The van der Waals surface area contributed by atoms with Gasteiger partial charge in [-0.2, -0.15) is 0 Å². The Morgan fingerprint density at radius 3 is 2.02 bits per heavy atom. The fourth-order valence-electron chi connectivity index (χ4n) is 7.10. The van der Waals surface area contributed by atoms with E-state index in [-0.39, 0.29) is 17.8 Å². The van der Waals surface area contributed by atoms with E-state index in [1.165, 1.54) is 16.7 Å². The third-order valence-electron chi connectivity index (χ3n) is 9.66. The SMILES string of the molecule is COc1ccc2cc1Oc1ccc(cc1)C[C@H]1c3cc(c(OC)cc3CCN1C)Oc1c(O)c(OC)cc3c1[C@@H](C2)N(C)CC3. The monoisotopic (exact) mass is 608 g/mol. The number of benzene rings is 4. The van der Waals surface area contributed by atoms with Gasteiger partial charge in [-0.1, -0.05) is 18.2 Å². The van der Waals surface area contributed by atoms with Crippen molar-refractivity contribution in [1.29, 1.82) is 0 Å². The molecule has 4 aliphatic rings. The van der Waals surface area contributed by atoms with Crippen molar-refractivity contribution < 1.29 is 28.8 Å². The van der Waals surface area contributed by atoms with Gasteiger partial charge in [0.1, 0.15) is 5.75 Å². The molecule has 0 amide bonds. The first kappa shape index (κ1) is 29.3. The van der Waals surface area contributed by atoms with Crippen molar-refractivity contribution in [3.05, 3.63) is 94.0 Å². The van der Waals surface area contributed by atoms with Gasteiger partial charge in [0.2, 0.25) is 5.75 Å². The lowest BCUT2D eigenvalue weighted by Crippen LogP contribution is -2.34. The average Bonchev–Trinajstić information content (AvgIpc) is 3.05. The highest BCUT2D eigenvalue weighted by Gasteiger charge is 2.34. The molecule has 8 heteroatoms. The van der Waals surface area contributed by atoms with Crippen molar-refractivity contribution in [3.63, 3.8) is 0 Å². The molecule has 0 aromatic heterocycles. The highest BCUT2D eigenvalue weighted by Crippen LogP contribution is 2.51. The number of ether oxygens (including phenoxy) is 5. The summed E-state index contributed by atoms with van der Waals surface area (Å²) in [6, 6.07) is 20.6. The minimum Gasteiger partial charge on any atom is -0.502 e. The molecule has 0 radical (unpaired) electrons. The Balaban J connectivity index is 1.45. The van der Waals surface area contributed by atoms with E-state index in [1.54, 1.807) is 21.3 Å². The van der Waals surface area contributed by atoms with Crippen LogP contribution in [0.25, 0.3) is 0 Å². The van der Waals surface area contributed by atoms with Gasteiger partial charge in [-0.15, -0.1) is 0 Å². The zero-order valence-electron chi connectivity index (χ0n) is 26.6. The molecule has 2 atom stereocenters. The molecule has 0 fully saturated rings. The van der Waals surface area contributed by atoms with E-state index in [4.69, 9.17) is 23.7 Å². The first-order valence-electron chi connectivity index (χ1n) is 15.5. The van der Waals surface area contributed by atoms with Gasteiger partial charge in [0.25, 0.3) is 0 Å². The third-order valence-corrected chi connectivity index (χ3v) is 9.66. The highest BCUT2D eigenvalue weighted by molar-refractivity contribution is 5.63. The lowest BCUT2D eigenvalue weighted by atomic mass is 9.87. The summed E-state index contributed by atoms with van der Waals surface area (Å²) in [4.78, 5) is 4.71. The third kappa shape index (κ3) is 5.32. The largest absolute Gasteiger partial charge is 0.502 e. The van der Waals surface area contributed by atoms with E-state index in [1.807, 2.05) is 30.3 Å². The van der Waals surface area contributed by atoms with Crippen molar-refractivity contribution >= 4 is 0 Å². The van der Waals surface area contributed by atoms with Crippen LogP contribution in [0.4, 0.5) is 0 Å². The highest BCUT2D eigenvalue weighted by atomic mass is 16.5. The molecule has 8 nitrogen and oxygen atoms in total. The van der Waals surface area contributed by atoms with Gasteiger partial charge in [0, 0.05) is 30.7 Å². The number of nitrogens with zero attached hydrogens (tertiary/aromatic N) is 2. The molecule has 0 aliphatic carbocycles. The number of hydrogen-bond donors (Lipinski definition) is 1. The summed E-state index contributed by atoms with van der Waals surface area (Å²) in [5.74, 6) is 4.09. The summed E-state index contributed by atoms with van der Waals surface area (Å²) in [5, 5.41) is 11.6. The van der Waals surface area contributed by atoms with Crippen molar-refractivity contribution in [1.82, 2.24) is 9.80 Å². The number of phenols is 1. The average molecular weight is 609 g/mol. The normalized spacial score (nSPS) is 19.4. The Hall–Kier alpha value is -4.40. The minimum absolute atomic E-state index is 0.0160. The van der Waals surface area contributed by atoms with Crippen LogP contribution in [0.5, 0.6) is 46.0 Å². The van der Waals surface area contributed by atoms with Gasteiger partial charge in [0.15, 0.2) is 34.5 Å². The van der Waals surface area contributed by atoms with E-state index in [2.05, 4.69) is 54.2 Å². The van der Waals surface area contributed by atoms with Crippen molar-refractivity contribution in [3.8, 4) is 46.0 Å². The number of hydrogen-bond acceptors (Lipinski definition) is 8. The fourth-order valence-corrected chi connectivity index (χ4v) is 7.10. The Morgan fingerprint density at radius 1 is 0.667 bits per heavy atom. The van der Waals surface area contributed by atoms with Crippen LogP contribution in [0.15, 0.2) is 60.7 Å². The number of likely N-dealkylation sites (N-methyl/N-ethyl adjacent to an activating group) is 2. The van der Waals surface area contributed by atoms with Crippen LogP contribution in [0.2, 0.25) is 0 Å². The molecular formula is C37H40N2O6. The fraction of sp³-hybridized carbons (Fsp3) is 0.351. The molecule has 234 valence electrons. The van der Waals surface area contributed by atoms with Crippen LogP contribution in [-0.4, -0.2) is 63.4 Å². The van der Waals surface area contributed by atoms with Crippen LogP contribution in [-0.2, 0) is 25.7 Å². The van der Waals surface area contributed by atoms with Gasteiger partial charge in [0.05, 0.1) is 21.3 Å². The molecule has 45 heavy (non-hydrogen) atoms. The van der Waals surface area contributed by atoms with Gasteiger partial charge >= 0.3 is 0 Å². The first-order valence-corrected chi connectivity index (χ1v) is 15.5. The second-order valence-electron chi connectivity index (χ2n) is 12.3. The van der Waals surface area contributed by atoms with Crippen LogP contribution in [0.3, 0.4) is 0 Å². The van der Waals surface area contributed by atoms with Crippen LogP contribution in [0, 0.1) is 0 Å². The topological polar surface area (TPSA) is 72.9 Å². The zero-order chi connectivity index (χ0) is 31.2. The summed E-state index contributed by atoms with van der Waals surface area (Å²) >= 11 is 0. The molecule has 8 rings (SSSR count). The van der Waals surface area contributed by atoms with Gasteiger partial charge in [-0.25, -0.2) is 0 Å². The number of fused-ring (bicyclic) bond motifs is 2. The van der Waals surface area contributed by atoms with Crippen molar-refractivity contribution in [2.75, 3.05) is 48.5 Å². The second-order valence-corrected chi connectivity index (χ2v) is 12.3. The molecule has 4 aromatic rings. The molecule has 4 aromatic carbocycles. The molecule has 0 unspecified atom stereocenters. The van der Waals surface area contributed by atoms with Crippen molar-refractivity contribution in [2.24, 2.45) is 0 Å². The van der Waals surface area contributed by atoms with Gasteiger partial charge < -0.3 is 28.8 Å². The molecule has 4 heterocycles. The molecule has 6 bridgehead atoms. The van der Waals surface area contributed by atoms with E-state index in [9.17, 15) is 5.11 Å². The van der Waals surface area contributed by atoms with E-state index >= 15 is 0 Å². The Kier molecular flexibility index (Phi) is 7.71. The summed E-state index contributed by atoms with van der Waals surface area (Å²) < 4.78 is 30.5. The maximum atomic E-state index is 11.6. The molecule has 0 spiro atoms. The molecular weight excluding hydrogens is 568 g/mol. The smallest absolute Gasteiger partial charge is 0.201 e. The molecule has 0 saturated carbocycles. The standard InChI is InChI=1S/C37H40N2O6/c1-38-14-12-24-19-31(42-4)33-21-27(24)28(38)16-22-6-9-26(10-7-22)44-32-18-23(8-11-30(32)41-3)17-29-35-25(13-15-39(29)2)20-34(43-5)36(40)37(35)45-33/h6-11,18-21,28-29,40H,12-17H2,1-5H3/t28-,29+/m0/s1. The maximum absolute atomic E-state index is 11.6. The summed E-state index contributed by atoms with van der Waals surface area (Å²) in [7, 11) is 9.19. The lowest BCUT2D eigenvalue weighted by molar-refractivity contribution is 0.220. The summed E-state index contributed by atoms with van der Waals surface area (Å²) in [5.41, 5.74) is 6.77. The molecule has 1 N–H and O–H groups in total. The summed E-state index contributed by atoms with van der Waals surface area (Å²) in [6.07, 6.45) is 3.20. The van der Waals surface area contributed by atoms with Crippen LogP contribution >= 0.6 is 0 Å². The lowest BCUT2D eigenvalue weighted by Gasteiger charge is -2.37. The Bertz CT molecular complexity index is 1740. The van der Waals surface area contributed by atoms with Crippen LogP contribution < -0.4 is 23.7 Å². The van der Waals surface area contributed by atoms with Crippen molar-refractivity contribution in [2.45, 2.75) is 37.8 Å². The molecule has 0 saturated heterocycles. The number of methoxy groups -OCH3 is 3. The molecule has 4 aliphatic heterocycles. The predicted octanol–water partition coefficient (Wildman–Crippen LogP) is 6.86. The number of phenolic OH excluding ortho intramolecular Hbond substituents is 1. The maximum Gasteiger partial charge on any atom is 0.201 e. The van der Waals surface area contributed by atoms with Gasteiger partial charge in [-0.05, 0) is 110 Å². The number of aromatic hydroxyl groups is 1. The van der Waals surface area contributed by atoms with E-state index in [0.717, 1.165) is 54.8 Å². The Morgan fingerprint density at radius 2 is 1.29 bits per heavy atom. The zero-order valence-corrected chi connectivity index (χ0v) is 26.6. The predicted molar refractivity (Wildman–Crippen MR) is 173 cm³/mol.